The summed E-state index contributed by atoms with van der Waals surface area (Å²) in [7, 11) is 1.70. The van der Waals surface area contributed by atoms with E-state index in [-0.39, 0.29) is 0 Å². The highest BCUT2D eigenvalue weighted by Gasteiger charge is 2.13. The van der Waals surface area contributed by atoms with Crippen molar-refractivity contribution in [2.45, 2.75) is 12.8 Å². The molecule has 2 rings (SSSR count). The third-order valence-electron chi connectivity index (χ3n) is 2.13. The van der Waals surface area contributed by atoms with Crippen LogP contribution in [0.5, 0.6) is 5.75 Å². The number of nitrogens with one attached hydrogen (secondary N) is 1. The molecule has 64 valence electrons. The number of methoxy groups -OCH3 is 1. The molecule has 1 aliphatic heterocycles. The van der Waals surface area contributed by atoms with E-state index in [1.165, 1.54) is 5.56 Å². The smallest absolute Gasteiger partial charge is 0.132 e. The third-order valence-corrected chi connectivity index (χ3v) is 2.13. The Bertz CT molecular complexity index is 272. The molecule has 0 aliphatic carbocycles. The summed E-state index contributed by atoms with van der Waals surface area (Å²) in [4.78, 5) is 4.24. The van der Waals surface area contributed by atoms with Gasteiger partial charge in [-0.25, -0.2) is 4.98 Å². The molecular weight excluding hydrogens is 152 g/mol. The fraction of sp³-hybridized carbons (Fsp3) is 0.444. The molecule has 1 aromatic heterocycles. The number of hydrogen-bond acceptors (Lipinski definition) is 3. The molecule has 0 unspecified atom stereocenters. The monoisotopic (exact) mass is 164 g/mol. The van der Waals surface area contributed by atoms with E-state index in [0.29, 0.717) is 0 Å². The molecule has 0 saturated carbocycles. The Kier molecular flexibility index (Phi) is 1.86. The Hall–Kier alpha value is -1.25. The van der Waals surface area contributed by atoms with Gasteiger partial charge in [0, 0.05) is 18.3 Å². The van der Waals surface area contributed by atoms with Gasteiger partial charge in [-0.05, 0) is 18.9 Å². The van der Waals surface area contributed by atoms with Crippen LogP contribution in [0.1, 0.15) is 12.0 Å². The van der Waals surface area contributed by atoms with Crippen molar-refractivity contribution in [3.63, 3.8) is 0 Å². The van der Waals surface area contributed by atoms with Crippen molar-refractivity contribution in [1.82, 2.24) is 4.98 Å². The number of fused-ring (bicyclic) bond motifs is 1. The van der Waals surface area contributed by atoms with Crippen LogP contribution in [0.3, 0.4) is 0 Å². The summed E-state index contributed by atoms with van der Waals surface area (Å²) < 4.78 is 5.23. The van der Waals surface area contributed by atoms with Crippen molar-refractivity contribution in [3.05, 3.63) is 17.8 Å². The van der Waals surface area contributed by atoms with E-state index in [0.717, 1.165) is 31.0 Å². The second kappa shape index (κ2) is 3.01. The van der Waals surface area contributed by atoms with Crippen LogP contribution in [0.2, 0.25) is 0 Å². The molecule has 1 N–H and O–H groups in total. The maximum Gasteiger partial charge on any atom is 0.132 e. The molecule has 2 heterocycles. The minimum atomic E-state index is 0.951. The first-order valence-electron chi connectivity index (χ1n) is 4.17. The van der Waals surface area contributed by atoms with Crippen molar-refractivity contribution < 1.29 is 4.74 Å². The van der Waals surface area contributed by atoms with Gasteiger partial charge in [0.2, 0.25) is 0 Å². The molecule has 12 heavy (non-hydrogen) atoms. The number of ether oxygens (including phenoxy) is 1. The largest absolute Gasteiger partial charge is 0.496 e. The van der Waals surface area contributed by atoms with Crippen molar-refractivity contribution in [3.8, 4) is 5.75 Å². The van der Waals surface area contributed by atoms with E-state index in [1.54, 1.807) is 13.3 Å². The maximum atomic E-state index is 5.23. The molecule has 0 aromatic carbocycles. The maximum absolute atomic E-state index is 5.23. The van der Waals surface area contributed by atoms with E-state index in [4.69, 9.17) is 4.74 Å². The van der Waals surface area contributed by atoms with Gasteiger partial charge in [-0.2, -0.15) is 0 Å². The Labute approximate surface area is 71.8 Å². The summed E-state index contributed by atoms with van der Waals surface area (Å²) in [6, 6.07) is 1.91. The van der Waals surface area contributed by atoms with E-state index in [1.807, 2.05) is 6.07 Å². The molecule has 0 atom stereocenters. The van der Waals surface area contributed by atoms with Gasteiger partial charge in [-0.1, -0.05) is 0 Å². The first kappa shape index (κ1) is 7.40. The van der Waals surface area contributed by atoms with Gasteiger partial charge < -0.3 is 10.1 Å². The highest BCUT2D eigenvalue weighted by atomic mass is 16.5. The predicted octanol–water partition coefficient (Wildman–Crippen LogP) is 1.45. The molecule has 0 saturated heterocycles. The second-order valence-electron chi connectivity index (χ2n) is 2.87. The Morgan fingerprint density at radius 3 is 3.33 bits per heavy atom. The van der Waals surface area contributed by atoms with Crippen LogP contribution in [-0.2, 0) is 6.42 Å². The van der Waals surface area contributed by atoms with Crippen LogP contribution in [0.15, 0.2) is 12.3 Å². The zero-order valence-corrected chi connectivity index (χ0v) is 7.13. The molecule has 1 aliphatic rings. The summed E-state index contributed by atoms with van der Waals surface area (Å²) >= 11 is 0. The third kappa shape index (κ3) is 1.11. The van der Waals surface area contributed by atoms with Crippen LogP contribution in [0.4, 0.5) is 5.82 Å². The average molecular weight is 164 g/mol. The molecule has 0 amide bonds. The Morgan fingerprint density at radius 2 is 2.50 bits per heavy atom. The van der Waals surface area contributed by atoms with Crippen LogP contribution >= 0.6 is 0 Å². The zero-order chi connectivity index (χ0) is 8.39. The lowest BCUT2D eigenvalue weighted by Gasteiger charge is -2.18. The summed E-state index contributed by atoms with van der Waals surface area (Å²) in [6.07, 6.45) is 4.00. The lowest BCUT2D eigenvalue weighted by atomic mass is 10.1. The standard InChI is InChI=1S/C9H12N2O/c1-12-8-4-6-11-9-7(8)3-2-5-10-9/h4,6H,2-3,5H2,1H3,(H,10,11). The van der Waals surface area contributed by atoms with Crippen LogP contribution in [0.25, 0.3) is 0 Å². The van der Waals surface area contributed by atoms with Gasteiger partial charge >= 0.3 is 0 Å². The number of nitrogens with zero attached hydrogens (tertiary/aromatic N) is 1. The number of aromatic nitrogens is 1. The highest BCUT2D eigenvalue weighted by Crippen LogP contribution is 2.27. The predicted molar refractivity (Wildman–Crippen MR) is 47.6 cm³/mol. The normalized spacial score (nSPS) is 14.8. The Balaban J connectivity index is 2.44. The van der Waals surface area contributed by atoms with Gasteiger partial charge in [0.05, 0.1) is 7.11 Å². The number of anilines is 1. The van der Waals surface area contributed by atoms with Crippen molar-refractivity contribution >= 4 is 5.82 Å². The summed E-state index contributed by atoms with van der Waals surface area (Å²) in [6.45, 7) is 1.02. The fourth-order valence-electron chi connectivity index (χ4n) is 1.53. The van der Waals surface area contributed by atoms with Crippen molar-refractivity contribution in [2.24, 2.45) is 0 Å². The number of pyridine rings is 1. The van der Waals surface area contributed by atoms with E-state index >= 15 is 0 Å². The van der Waals surface area contributed by atoms with Crippen LogP contribution in [-0.4, -0.2) is 18.6 Å². The molecule has 3 nitrogen and oxygen atoms in total. The fourth-order valence-corrected chi connectivity index (χ4v) is 1.53. The van der Waals surface area contributed by atoms with Gasteiger partial charge in [-0.3, -0.25) is 0 Å². The van der Waals surface area contributed by atoms with Crippen molar-refractivity contribution in [2.75, 3.05) is 19.0 Å². The van der Waals surface area contributed by atoms with Gasteiger partial charge in [0.25, 0.3) is 0 Å². The molecular formula is C9H12N2O. The van der Waals surface area contributed by atoms with Gasteiger partial charge in [0.1, 0.15) is 11.6 Å². The molecule has 3 heteroatoms. The lowest BCUT2D eigenvalue weighted by Crippen LogP contribution is -2.13. The molecule has 0 fully saturated rings. The minimum absolute atomic E-state index is 0.951. The van der Waals surface area contributed by atoms with E-state index in [2.05, 4.69) is 10.3 Å². The number of rotatable bonds is 1. The summed E-state index contributed by atoms with van der Waals surface area (Å²) in [5, 5.41) is 3.25. The average Bonchev–Trinajstić information content (AvgIpc) is 2.17. The molecule has 0 spiro atoms. The first-order valence-corrected chi connectivity index (χ1v) is 4.17. The second-order valence-corrected chi connectivity index (χ2v) is 2.87. The Morgan fingerprint density at radius 1 is 1.58 bits per heavy atom. The van der Waals surface area contributed by atoms with Crippen molar-refractivity contribution in [1.29, 1.82) is 0 Å². The quantitative estimate of drug-likeness (QED) is 0.682. The van der Waals surface area contributed by atoms with Gasteiger partial charge in [-0.15, -0.1) is 0 Å². The van der Waals surface area contributed by atoms with E-state index < -0.39 is 0 Å². The lowest BCUT2D eigenvalue weighted by molar-refractivity contribution is 0.408. The minimum Gasteiger partial charge on any atom is -0.496 e. The number of hydrogen-bond donors (Lipinski definition) is 1. The van der Waals surface area contributed by atoms with Crippen LogP contribution < -0.4 is 10.1 Å². The summed E-state index contributed by atoms with van der Waals surface area (Å²) in [5.41, 5.74) is 1.21. The molecule has 0 bridgehead atoms. The SMILES string of the molecule is COc1ccnc2c1CCCN2. The molecule has 0 radical (unpaired) electrons. The molecule has 1 aromatic rings. The zero-order valence-electron chi connectivity index (χ0n) is 7.13. The van der Waals surface area contributed by atoms with Crippen LogP contribution in [0, 0.1) is 0 Å². The van der Waals surface area contributed by atoms with E-state index in [9.17, 15) is 0 Å². The van der Waals surface area contributed by atoms with Gasteiger partial charge in [0.15, 0.2) is 0 Å². The highest BCUT2D eigenvalue weighted by molar-refractivity contribution is 5.53. The topological polar surface area (TPSA) is 34.1 Å². The first-order chi connectivity index (χ1) is 5.92. The summed E-state index contributed by atoms with van der Waals surface area (Å²) in [5.74, 6) is 1.94.